The Labute approximate surface area is 142 Å². The molecule has 6 heteroatoms. The molecule has 2 aromatic rings. The maximum atomic E-state index is 12.3. The number of thiophene rings is 1. The second-order valence-electron chi connectivity index (χ2n) is 5.00. The average molecular weight is 378 g/mol. The molecule has 1 heterocycles. The van der Waals surface area contributed by atoms with Crippen molar-refractivity contribution in [3.8, 4) is 6.07 Å². The van der Waals surface area contributed by atoms with Crippen LogP contribution in [0.2, 0.25) is 0 Å². The van der Waals surface area contributed by atoms with Gasteiger partial charge in [0.2, 0.25) is 5.91 Å². The van der Waals surface area contributed by atoms with Crippen molar-refractivity contribution in [2.75, 3.05) is 12.4 Å². The fraction of sp³-hybridized carbons (Fsp3) is 0.250. The van der Waals surface area contributed by atoms with E-state index in [0.29, 0.717) is 17.8 Å². The molecule has 0 bridgehead atoms. The number of hydrogen-bond donors (Lipinski definition) is 1. The van der Waals surface area contributed by atoms with Crippen LogP contribution in [0.25, 0.3) is 0 Å². The number of carbonyl (C=O) groups is 1. The van der Waals surface area contributed by atoms with Crippen LogP contribution in [0.3, 0.4) is 0 Å². The largest absolute Gasteiger partial charge is 0.325 e. The fourth-order valence-electron chi connectivity index (χ4n) is 1.93. The van der Waals surface area contributed by atoms with Crippen molar-refractivity contribution in [3.05, 3.63) is 50.6 Å². The van der Waals surface area contributed by atoms with E-state index >= 15 is 0 Å². The Morgan fingerprint density at radius 2 is 2.27 bits per heavy atom. The third-order valence-electron chi connectivity index (χ3n) is 3.33. The molecule has 0 fully saturated rings. The summed E-state index contributed by atoms with van der Waals surface area (Å²) in [7, 11) is 1.92. The van der Waals surface area contributed by atoms with Gasteiger partial charge in [-0.15, -0.1) is 11.3 Å². The van der Waals surface area contributed by atoms with Crippen LogP contribution in [-0.2, 0) is 11.3 Å². The molecule has 0 spiro atoms. The standard InChI is InChI=1S/C16H16BrN3OS/c1-11(20(2)9-15-7-13(17)10-22-15)16(21)19-14-5-3-4-12(6-14)8-18/h3-7,10-11H,9H2,1-2H3,(H,19,21)/t11-/m0/s1. The van der Waals surface area contributed by atoms with Gasteiger partial charge in [-0.1, -0.05) is 6.07 Å². The van der Waals surface area contributed by atoms with Gasteiger partial charge in [0.05, 0.1) is 17.7 Å². The molecule has 22 heavy (non-hydrogen) atoms. The van der Waals surface area contributed by atoms with Gasteiger partial charge in [-0.3, -0.25) is 9.69 Å². The highest BCUT2D eigenvalue weighted by Gasteiger charge is 2.18. The van der Waals surface area contributed by atoms with E-state index in [4.69, 9.17) is 5.26 Å². The molecule has 2 rings (SSSR count). The number of amides is 1. The van der Waals surface area contributed by atoms with E-state index in [9.17, 15) is 4.79 Å². The SMILES string of the molecule is C[C@@H](C(=O)Nc1cccc(C#N)c1)N(C)Cc1cc(Br)cs1. The molecule has 0 radical (unpaired) electrons. The maximum absolute atomic E-state index is 12.3. The van der Waals surface area contributed by atoms with Crippen molar-refractivity contribution in [2.24, 2.45) is 0 Å². The molecule has 0 aliphatic rings. The summed E-state index contributed by atoms with van der Waals surface area (Å²) in [5, 5.41) is 13.8. The molecule has 1 aromatic heterocycles. The molecular formula is C16H16BrN3OS. The summed E-state index contributed by atoms with van der Waals surface area (Å²) in [6.45, 7) is 2.58. The van der Waals surface area contributed by atoms with Crippen LogP contribution in [-0.4, -0.2) is 23.9 Å². The third-order valence-corrected chi connectivity index (χ3v) is 5.01. The molecule has 114 valence electrons. The fourth-order valence-corrected chi connectivity index (χ4v) is 3.45. The minimum Gasteiger partial charge on any atom is -0.325 e. The number of benzene rings is 1. The lowest BCUT2D eigenvalue weighted by Gasteiger charge is -2.23. The number of carbonyl (C=O) groups excluding carboxylic acids is 1. The number of nitrogens with zero attached hydrogens (tertiary/aromatic N) is 2. The highest BCUT2D eigenvalue weighted by Crippen LogP contribution is 2.21. The Morgan fingerprint density at radius 1 is 1.50 bits per heavy atom. The molecule has 0 aliphatic carbocycles. The molecule has 0 saturated heterocycles. The zero-order valence-electron chi connectivity index (χ0n) is 12.3. The van der Waals surface area contributed by atoms with Crippen LogP contribution in [0.1, 0.15) is 17.4 Å². The van der Waals surface area contributed by atoms with Crippen molar-refractivity contribution < 1.29 is 4.79 Å². The van der Waals surface area contributed by atoms with Crippen LogP contribution in [0.15, 0.2) is 40.2 Å². The van der Waals surface area contributed by atoms with Gasteiger partial charge in [-0.25, -0.2) is 0 Å². The molecule has 1 amide bonds. The molecule has 1 aromatic carbocycles. The minimum atomic E-state index is -0.272. The monoisotopic (exact) mass is 377 g/mol. The first-order chi connectivity index (χ1) is 10.5. The van der Waals surface area contributed by atoms with Crippen LogP contribution < -0.4 is 5.32 Å². The summed E-state index contributed by atoms with van der Waals surface area (Å²) in [5.74, 6) is -0.0896. The quantitative estimate of drug-likeness (QED) is 0.860. The predicted molar refractivity (Wildman–Crippen MR) is 92.7 cm³/mol. The zero-order valence-corrected chi connectivity index (χ0v) is 14.7. The zero-order chi connectivity index (χ0) is 16.1. The van der Waals surface area contributed by atoms with Crippen LogP contribution in [0.4, 0.5) is 5.69 Å². The second kappa shape index (κ2) is 7.54. The highest BCUT2D eigenvalue weighted by atomic mass is 79.9. The minimum absolute atomic E-state index is 0.0896. The van der Waals surface area contributed by atoms with E-state index in [2.05, 4.69) is 33.4 Å². The van der Waals surface area contributed by atoms with Gasteiger partial charge in [0.1, 0.15) is 0 Å². The number of hydrogen-bond acceptors (Lipinski definition) is 4. The molecule has 0 unspecified atom stereocenters. The number of halogens is 1. The van der Waals surface area contributed by atoms with Gasteiger partial charge >= 0.3 is 0 Å². The Hall–Kier alpha value is -1.68. The Morgan fingerprint density at radius 3 is 2.91 bits per heavy atom. The lowest BCUT2D eigenvalue weighted by Crippen LogP contribution is -2.39. The first kappa shape index (κ1) is 16.7. The topological polar surface area (TPSA) is 56.1 Å². The van der Waals surface area contributed by atoms with Crippen molar-refractivity contribution in [3.63, 3.8) is 0 Å². The summed E-state index contributed by atoms with van der Waals surface area (Å²) in [6, 6.07) is 10.8. The average Bonchev–Trinajstić information content (AvgIpc) is 2.91. The van der Waals surface area contributed by atoms with E-state index < -0.39 is 0 Å². The van der Waals surface area contributed by atoms with Gasteiger partial charge in [-0.05, 0) is 54.2 Å². The normalized spacial score (nSPS) is 12.0. The van der Waals surface area contributed by atoms with Gasteiger partial charge < -0.3 is 5.32 Å². The third kappa shape index (κ3) is 4.41. The molecule has 1 N–H and O–H groups in total. The van der Waals surface area contributed by atoms with Crippen molar-refractivity contribution in [1.82, 2.24) is 4.90 Å². The Balaban J connectivity index is 1.97. The summed E-state index contributed by atoms with van der Waals surface area (Å²) in [4.78, 5) is 15.5. The number of nitrogens with one attached hydrogen (secondary N) is 1. The van der Waals surface area contributed by atoms with E-state index in [-0.39, 0.29) is 11.9 Å². The van der Waals surface area contributed by atoms with Crippen LogP contribution >= 0.6 is 27.3 Å². The molecule has 0 aliphatic heterocycles. The number of anilines is 1. The maximum Gasteiger partial charge on any atom is 0.241 e. The van der Waals surface area contributed by atoms with Crippen LogP contribution in [0, 0.1) is 11.3 Å². The van der Waals surface area contributed by atoms with Gasteiger partial charge in [0.25, 0.3) is 0 Å². The van der Waals surface area contributed by atoms with E-state index in [1.807, 2.05) is 24.3 Å². The summed E-state index contributed by atoms with van der Waals surface area (Å²) in [5.41, 5.74) is 1.17. The van der Waals surface area contributed by atoms with E-state index in [1.165, 1.54) is 4.88 Å². The molecule has 1 atom stereocenters. The molecular weight excluding hydrogens is 362 g/mol. The molecule has 4 nitrogen and oxygen atoms in total. The number of nitriles is 1. The predicted octanol–water partition coefficient (Wildman–Crippen LogP) is 3.84. The summed E-state index contributed by atoms with van der Waals surface area (Å²) >= 11 is 5.09. The smallest absolute Gasteiger partial charge is 0.241 e. The van der Waals surface area contributed by atoms with Gasteiger partial charge in [0.15, 0.2) is 0 Å². The lowest BCUT2D eigenvalue weighted by molar-refractivity contribution is -0.120. The van der Waals surface area contributed by atoms with Crippen molar-refractivity contribution in [1.29, 1.82) is 5.26 Å². The number of likely N-dealkylation sites (N-methyl/N-ethyl adjacent to an activating group) is 1. The Kier molecular flexibility index (Phi) is 5.72. The number of rotatable bonds is 5. The molecule has 0 saturated carbocycles. The second-order valence-corrected chi connectivity index (χ2v) is 6.92. The first-order valence-electron chi connectivity index (χ1n) is 6.74. The highest BCUT2D eigenvalue weighted by molar-refractivity contribution is 9.10. The summed E-state index contributed by atoms with van der Waals surface area (Å²) in [6.07, 6.45) is 0. The first-order valence-corrected chi connectivity index (χ1v) is 8.41. The van der Waals surface area contributed by atoms with Crippen LogP contribution in [0.5, 0.6) is 0 Å². The van der Waals surface area contributed by atoms with Crippen molar-refractivity contribution in [2.45, 2.75) is 19.5 Å². The van der Waals surface area contributed by atoms with E-state index in [0.717, 1.165) is 4.47 Å². The lowest BCUT2D eigenvalue weighted by atomic mass is 10.2. The summed E-state index contributed by atoms with van der Waals surface area (Å²) < 4.78 is 1.06. The Bertz CT molecular complexity index is 707. The van der Waals surface area contributed by atoms with Crippen molar-refractivity contribution >= 4 is 38.9 Å². The van der Waals surface area contributed by atoms with Gasteiger partial charge in [0, 0.05) is 27.0 Å². The van der Waals surface area contributed by atoms with Gasteiger partial charge in [-0.2, -0.15) is 5.26 Å². The van der Waals surface area contributed by atoms with E-state index in [1.54, 1.807) is 35.6 Å².